The van der Waals surface area contributed by atoms with Crippen LogP contribution in [0.15, 0.2) is 67.0 Å². The van der Waals surface area contributed by atoms with Crippen molar-refractivity contribution in [2.75, 3.05) is 6.61 Å². The summed E-state index contributed by atoms with van der Waals surface area (Å²) in [6.45, 7) is 2.29. The van der Waals surface area contributed by atoms with E-state index in [-0.39, 0.29) is 35.8 Å². The summed E-state index contributed by atoms with van der Waals surface area (Å²) in [6.07, 6.45) is 6.46. The predicted octanol–water partition coefficient (Wildman–Crippen LogP) is 5.76. The lowest BCUT2D eigenvalue weighted by Crippen LogP contribution is -2.48. The minimum absolute atomic E-state index is 0.0567. The van der Waals surface area contributed by atoms with E-state index < -0.39 is 0 Å². The number of aryl methyl sites for hydroxylation is 1. The molecule has 1 aromatic heterocycles. The molecule has 5 nitrogen and oxygen atoms in total. The Morgan fingerprint density at radius 1 is 0.941 bits per heavy atom. The third-order valence-electron chi connectivity index (χ3n) is 7.81. The van der Waals surface area contributed by atoms with E-state index in [1.54, 1.807) is 12.4 Å². The summed E-state index contributed by atoms with van der Waals surface area (Å²) < 4.78 is 5.95. The molecule has 1 aliphatic carbocycles. The summed E-state index contributed by atoms with van der Waals surface area (Å²) in [4.78, 5) is 32.5. The molecule has 0 spiro atoms. The summed E-state index contributed by atoms with van der Waals surface area (Å²) in [7, 11) is 0. The average molecular weight is 453 g/mol. The van der Waals surface area contributed by atoms with E-state index in [4.69, 9.17) is 4.74 Å². The molecule has 2 saturated heterocycles. The van der Waals surface area contributed by atoms with Gasteiger partial charge in [0.15, 0.2) is 5.78 Å². The molecule has 5 heteroatoms. The highest BCUT2D eigenvalue weighted by Crippen LogP contribution is 2.45. The molecule has 2 unspecified atom stereocenters. The molecule has 1 amide bonds. The largest absolute Gasteiger partial charge is 0.448 e. The monoisotopic (exact) mass is 452 g/mol. The van der Waals surface area contributed by atoms with E-state index >= 15 is 0 Å². The van der Waals surface area contributed by atoms with Gasteiger partial charge in [-0.2, -0.15) is 0 Å². The van der Waals surface area contributed by atoms with E-state index in [1.165, 1.54) is 22.3 Å². The number of pyridine rings is 1. The number of aromatic nitrogens is 1. The van der Waals surface area contributed by atoms with Crippen LogP contribution in [0.25, 0.3) is 11.1 Å². The number of hydrogen-bond acceptors (Lipinski definition) is 4. The molecule has 0 radical (unpaired) electrons. The van der Waals surface area contributed by atoms with Crippen molar-refractivity contribution in [3.05, 3.63) is 89.2 Å². The van der Waals surface area contributed by atoms with E-state index in [2.05, 4.69) is 41.4 Å². The van der Waals surface area contributed by atoms with Gasteiger partial charge in [0.25, 0.3) is 0 Å². The Balaban J connectivity index is 1.15. The number of piperidine rings is 1. The number of rotatable bonds is 4. The van der Waals surface area contributed by atoms with Gasteiger partial charge in [-0.3, -0.25) is 9.78 Å². The summed E-state index contributed by atoms with van der Waals surface area (Å²) in [5.41, 5.74) is 6.56. The zero-order valence-corrected chi connectivity index (χ0v) is 19.3. The molecule has 0 saturated carbocycles. The third kappa shape index (κ3) is 3.51. The van der Waals surface area contributed by atoms with Crippen LogP contribution in [0.1, 0.15) is 58.6 Å². The lowest BCUT2D eigenvalue weighted by atomic mass is 9.85. The normalized spacial score (nSPS) is 22.9. The van der Waals surface area contributed by atoms with Crippen molar-refractivity contribution >= 4 is 11.9 Å². The lowest BCUT2D eigenvalue weighted by Gasteiger charge is -2.37. The summed E-state index contributed by atoms with van der Waals surface area (Å²) >= 11 is 0. The Morgan fingerprint density at radius 3 is 2.18 bits per heavy atom. The number of nitrogens with zero attached hydrogens (tertiary/aromatic N) is 2. The molecule has 3 aliphatic rings. The third-order valence-corrected chi connectivity index (χ3v) is 7.81. The first-order valence-corrected chi connectivity index (χ1v) is 12.2. The van der Waals surface area contributed by atoms with Crippen molar-refractivity contribution in [3.63, 3.8) is 0 Å². The van der Waals surface area contributed by atoms with Crippen LogP contribution in [0.5, 0.6) is 0 Å². The molecule has 6 rings (SSSR count). The van der Waals surface area contributed by atoms with Crippen LogP contribution >= 0.6 is 0 Å². The summed E-state index contributed by atoms with van der Waals surface area (Å²) in [6, 6.07) is 18.8. The Hall–Kier alpha value is -3.47. The van der Waals surface area contributed by atoms with Gasteiger partial charge in [0, 0.05) is 41.9 Å². The van der Waals surface area contributed by atoms with E-state index in [0.717, 1.165) is 18.4 Å². The first-order valence-electron chi connectivity index (χ1n) is 12.2. The van der Waals surface area contributed by atoms with Crippen molar-refractivity contribution in [2.24, 2.45) is 5.92 Å². The molecule has 34 heavy (non-hydrogen) atoms. The first kappa shape index (κ1) is 21.1. The SMILES string of the molecule is Cc1cncc(C(=O)C2CC3CCC(C2)N3C(=O)OCC2c3ccccc3-c3ccccc32)c1. The van der Waals surface area contributed by atoms with E-state index in [0.29, 0.717) is 25.0 Å². The van der Waals surface area contributed by atoms with Gasteiger partial charge in [-0.25, -0.2) is 4.79 Å². The Morgan fingerprint density at radius 2 is 1.56 bits per heavy atom. The van der Waals surface area contributed by atoms with Crippen LogP contribution in [0.4, 0.5) is 4.79 Å². The van der Waals surface area contributed by atoms with Gasteiger partial charge in [-0.05, 0) is 66.5 Å². The molecular weight excluding hydrogens is 424 g/mol. The Labute approximate surface area is 199 Å². The first-order chi connectivity index (χ1) is 16.6. The van der Waals surface area contributed by atoms with Gasteiger partial charge >= 0.3 is 6.09 Å². The fourth-order valence-corrected chi connectivity index (χ4v) is 6.28. The van der Waals surface area contributed by atoms with Crippen LogP contribution in [-0.2, 0) is 4.74 Å². The Bertz CT molecular complexity index is 1210. The molecular formula is C29H28N2O3. The predicted molar refractivity (Wildman–Crippen MR) is 130 cm³/mol. The molecule has 3 aromatic rings. The second-order valence-electron chi connectivity index (χ2n) is 9.88. The van der Waals surface area contributed by atoms with Crippen LogP contribution in [0.3, 0.4) is 0 Å². The minimum atomic E-state index is -0.238. The maximum atomic E-state index is 13.2. The minimum Gasteiger partial charge on any atom is -0.448 e. The highest BCUT2D eigenvalue weighted by Gasteiger charge is 2.46. The number of hydrogen-bond donors (Lipinski definition) is 0. The molecule has 2 bridgehead atoms. The zero-order valence-electron chi connectivity index (χ0n) is 19.3. The fourth-order valence-electron chi connectivity index (χ4n) is 6.28. The number of carbonyl (C=O) groups is 2. The summed E-state index contributed by atoms with van der Waals surface area (Å²) in [5.74, 6) is 0.154. The average Bonchev–Trinajstić information content (AvgIpc) is 3.32. The molecule has 2 aromatic carbocycles. The number of amides is 1. The highest BCUT2D eigenvalue weighted by atomic mass is 16.6. The molecule has 0 N–H and O–H groups in total. The Kier molecular flexibility index (Phi) is 5.20. The summed E-state index contributed by atoms with van der Waals surface area (Å²) in [5, 5.41) is 0. The van der Waals surface area contributed by atoms with Crippen molar-refractivity contribution in [1.29, 1.82) is 0 Å². The number of fused-ring (bicyclic) bond motifs is 5. The number of Topliss-reactive ketones (excluding diaryl/α,β-unsaturated/α-hetero) is 1. The second kappa shape index (κ2) is 8.39. The van der Waals surface area contributed by atoms with Crippen molar-refractivity contribution in [2.45, 2.75) is 50.6 Å². The molecule has 3 heterocycles. The van der Waals surface area contributed by atoms with Crippen molar-refractivity contribution < 1.29 is 14.3 Å². The van der Waals surface area contributed by atoms with Gasteiger partial charge in [0.05, 0.1) is 0 Å². The van der Waals surface area contributed by atoms with Crippen LogP contribution in [0, 0.1) is 12.8 Å². The lowest BCUT2D eigenvalue weighted by molar-refractivity contribution is 0.0506. The van der Waals surface area contributed by atoms with Crippen molar-refractivity contribution in [1.82, 2.24) is 9.88 Å². The van der Waals surface area contributed by atoms with Gasteiger partial charge in [0.2, 0.25) is 0 Å². The molecule has 2 fully saturated rings. The van der Waals surface area contributed by atoms with Gasteiger partial charge in [-0.1, -0.05) is 48.5 Å². The number of benzene rings is 2. The molecule has 2 atom stereocenters. The highest BCUT2D eigenvalue weighted by molar-refractivity contribution is 5.98. The molecule has 2 aliphatic heterocycles. The quantitative estimate of drug-likeness (QED) is 0.472. The maximum Gasteiger partial charge on any atom is 0.410 e. The van der Waals surface area contributed by atoms with E-state index in [1.807, 2.05) is 30.0 Å². The standard InChI is InChI=1S/C29H28N2O3/c1-18-12-20(16-30-15-18)28(32)19-13-21-10-11-22(14-19)31(21)29(33)34-17-27-25-8-4-2-6-23(25)24-7-3-5-9-26(24)27/h2-9,12,15-16,19,21-22,27H,10-11,13-14,17H2,1H3. The van der Waals surface area contributed by atoms with Crippen LogP contribution < -0.4 is 0 Å². The van der Waals surface area contributed by atoms with Crippen molar-refractivity contribution in [3.8, 4) is 11.1 Å². The van der Waals surface area contributed by atoms with Gasteiger partial charge < -0.3 is 9.64 Å². The van der Waals surface area contributed by atoms with E-state index in [9.17, 15) is 9.59 Å². The van der Waals surface area contributed by atoms with Gasteiger partial charge in [-0.15, -0.1) is 0 Å². The fraction of sp³-hybridized carbons (Fsp3) is 0.345. The zero-order chi connectivity index (χ0) is 23.2. The number of ether oxygens (including phenoxy) is 1. The second-order valence-corrected chi connectivity index (χ2v) is 9.88. The number of carbonyl (C=O) groups excluding carboxylic acids is 2. The smallest absolute Gasteiger partial charge is 0.410 e. The topological polar surface area (TPSA) is 59.5 Å². The molecule has 172 valence electrons. The number of ketones is 1. The van der Waals surface area contributed by atoms with Crippen LogP contribution in [-0.4, -0.2) is 40.5 Å². The maximum absolute atomic E-state index is 13.2. The van der Waals surface area contributed by atoms with Crippen LogP contribution in [0.2, 0.25) is 0 Å². The van der Waals surface area contributed by atoms with Gasteiger partial charge in [0.1, 0.15) is 6.61 Å².